The maximum absolute atomic E-state index is 15.1. The fraction of sp³-hybridized carbons (Fsp3) is 0.150. The summed E-state index contributed by atoms with van der Waals surface area (Å²) in [5.74, 6) is -1.75. The van der Waals surface area contributed by atoms with E-state index in [1.165, 1.54) is 6.08 Å². The van der Waals surface area contributed by atoms with Gasteiger partial charge in [0.2, 0.25) is 0 Å². The summed E-state index contributed by atoms with van der Waals surface area (Å²) in [4.78, 5) is 31.6. The summed E-state index contributed by atoms with van der Waals surface area (Å²) in [5, 5.41) is 15.0. The molecular weight excluding hydrogens is 556 g/mol. The molecule has 7 rings (SSSR count). The predicted octanol–water partition coefficient (Wildman–Crippen LogP) is 7.21. The van der Waals surface area contributed by atoms with Gasteiger partial charge in [0, 0.05) is 34.9 Å². The number of ketones is 1. The Balaban J connectivity index is 1.42. The number of allylic oxidation sites excluding steroid dienone is 1. The summed E-state index contributed by atoms with van der Waals surface area (Å²) < 4.78 is 0. The standard InChI is InChI=1S/C40H34N2O3/c43-35(30-19-9-3-10-20-30)26-36(44)38-37(31-21-11-4-12-22-31)33(25-28-15-5-1-6-16-28)41-40(38)32-23-13-14-24-34(32)42(39(40)45)27-29-17-7-2-8-18-29/h1-24,26,33,37-38,41,43H,25,27H2/b35-26-/t33-,37-,38+,40+/m1/s1. The van der Waals surface area contributed by atoms with Gasteiger partial charge in [0.25, 0.3) is 5.91 Å². The number of para-hydroxylation sites is 1. The number of nitrogens with zero attached hydrogens (tertiary/aromatic N) is 1. The van der Waals surface area contributed by atoms with Crippen molar-refractivity contribution in [3.05, 3.63) is 179 Å². The molecule has 4 atom stereocenters. The van der Waals surface area contributed by atoms with E-state index in [2.05, 4.69) is 17.4 Å². The Morgan fingerprint density at radius 3 is 1.96 bits per heavy atom. The van der Waals surface area contributed by atoms with Crippen LogP contribution in [-0.4, -0.2) is 22.8 Å². The molecule has 0 saturated carbocycles. The highest BCUT2D eigenvalue weighted by atomic mass is 16.3. The lowest BCUT2D eigenvalue weighted by Crippen LogP contribution is -2.53. The van der Waals surface area contributed by atoms with Crippen LogP contribution >= 0.6 is 0 Å². The van der Waals surface area contributed by atoms with Gasteiger partial charge in [-0.1, -0.05) is 140 Å². The van der Waals surface area contributed by atoms with Crippen molar-refractivity contribution in [2.24, 2.45) is 5.92 Å². The van der Waals surface area contributed by atoms with Crippen LogP contribution in [0.25, 0.3) is 5.76 Å². The number of amides is 1. The molecule has 5 aromatic rings. The van der Waals surface area contributed by atoms with E-state index >= 15 is 4.79 Å². The number of carbonyl (C=O) groups excluding carboxylic acids is 2. The number of hydrogen-bond acceptors (Lipinski definition) is 4. The van der Waals surface area contributed by atoms with E-state index in [1.54, 1.807) is 12.1 Å². The van der Waals surface area contributed by atoms with E-state index in [9.17, 15) is 9.90 Å². The lowest BCUT2D eigenvalue weighted by Gasteiger charge is -2.31. The second-order valence-corrected chi connectivity index (χ2v) is 11.9. The van der Waals surface area contributed by atoms with Crippen LogP contribution in [0.4, 0.5) is 5.69 Å². The Bertz CT molecular complexity index is 1840. The van der Waals surface area contributed by atoms with E-state index in [-0.39, 0.29) is 29.4 Å². The van der Waals surface area contributed by atoms with Crippen LogP contribution in [0.5, 0.6) is 0 Å². The Morgan fingerprint density at radius 2 is 1.29 bits per heavy atom. The normalized spacial score (nSPS) is 22.5. The van der Waals surface area contributed by atoms with E-state index in [4.69, 9.17) is 0 Å². The lowest BCUT2D eigenvalue weighted by molar-refractivity contribution is -0.131. The minimum Gasteiger partial charge on any atom is -0.507 e. The van der Waals surface area contributed by atoms with Crippen LogP contribution in [-0.2, 0) is 28.1 Å². The molecule has 5 aromatic carbocycles. The second-order valence-electron chi connectivity index (χ2n) is 11.9. The summed E-state index contributed by atoms with van der Waals surface area (Å²) in [6.45, 7) is 0.380. The third kappa shape index (κ3) is 5.15. The van der Waals surface area contributed by atoms with Gasteiger partial charge in [-0.3, -0.25) is 14.9 Å². The third-order valence-electron chi connectivity index (χ3n) is 9.20. The highest BCUT2D eigenvalue weighted by molar-refractivity contribution is 6.13. The van der Waals surface area contributed by atoms with Gasteiger partial charge in [0.05, 0.1) is 12.5 Å². The fourth-order valence-corrected chi connectivity index (χ4v) is 7.27. The average molecular weight is 591 g/mol. The van der Waals surface area contributed by atoms with Crippen molar-refractivity contribution in [1.82, 2.24) is 5.32 Å². The monoisotopic (exact) mass is 590 g/mol. The van der Waals surface area contributed by atoms with Gasteiger partial charge >= 0.3 is 0 Å². The Labute approximate surface area is 263 Å². The smallest absolute Gasteiger partial charge is 0.253 e. The van der Waals surface area contributed by atoms with Gasteiger partial charge in [-0.05, 0) is 29.2 Å². The number of nitrogens with one attached hydrogen (secondary N) is 1. The van der Waals surface area contributed by atoms with E-state index < -0.39 is 11.5 Å². The van der Waals surface area contributed by atoms with Gasteiger partial charge in [0.1, 0.15) is 11.3 Å². The molecule has 5 nitrogen and oxygen atoms in total. The van der Waals surface area contributed by atoms with Gasteiger partial charge in [0.15, 0.2) is 5.78 Å². The second kappa shape index (κ2) is 12.0. The molecule has 2 aliphatic heterocycles. The molecule has 5 heteroatoms. The average Bonchev–Trinajstić information content (AvgIpc) is 3.54. The van der Waals surface area contributed by atoms with Crippen molar-refractivity contribution in [3.8, 4) is 0 Å². The zero-order valence-corrected chi connectivity index (χ0v) is 24.8. The van der Waals surface area contributed by atoms with E-state index in [0.29, 0.717) is 18.5 Å². The maximum atomic E-state index is 15.1. The number of fused-ring (bicyclic) bond motifs is 2. The first-order valence-corrected chi connectivity index (χ1v) is 15.4. The number of benzene rings is 5. The fourth-order valence-electron chi connectivity index (χ4n) is 7.27. The van der Waals surface area contributed by atoms with Gasteiger partial charge in [-0.15, -0.1) is 0 Å². The van der Waals surface area contributed by atoms with Crippen molar-refractivity contribution >= 4 is 23.1 Å². The number of rotatable bonds is 8. The number of aliphatic hydroxyl groups excluding tert-OH is 1. The van der Waals surface area contributed by atoms with Crippen LogP contribution in [0.1, 0.15) is 33.7 Å². The van der Waals surface area contributed by atoms with Crippen molar-refractivity contribution in [2.75, 3.05) is 4.90 Å². The number of aliphatic hydroxyl groups is 1. The van der Waals surface area contributed by atoms with Crippen LogP contribution in [0.2, 0.25) is 0 Å². The quantitative estimate of drug-likeness (QED) is 0.148. The SMILES string of the molecule is O=C(/C=C(\O)c1ccccc1)[C@H]1[C@H](c2ccccc2)[C@@H](Cc2ccccc2)N[C@]12C(=O)N(Cc1ccccc1)c1ccccc12. The summed E-state index contributed by atoms with van der Waals surface area (Å²) >= 11 is 0. The Morgan fingerprint density at radius 1 is 0.733 bits per heavy atom. The van der Waals surface area contributed by atoms with Crippen molar-refractivity contribution in [2.45, 2.75) is 30.5 Å². The number of hydrogen-bond donors (Lipinski definition) is 2. The van der Waals surface area contributed by atoms with Crippen LogP contribution in [0.15, 0.2) is 152 Å². The highest BCUT2D eigenvalue weighted by Gasteiger charge is 2.65. The molecule has 0 bridgehead atoms. The number of anilines is 1. The molecule has 1 spiro atoms. The largest absolute Gasteiger partial charge is 0.507 e. The van der Waals surface area contributed by atoms with E-state index in [1.807, 2.05) is 126 Å². The summed E-state index contributed by atoms with van der Waals surface area (Å²) in [7, 11) is 0. The maximum Gasteiger partial charge on any atom is 0.253 e. The predicted molar refractivity (Wildman–Crippen MR) is 178 cm³/mol. The van der Waals surface area contributed by atoms with Crippen molar-refractivity contribution < 1.29 is 14.7 Å². The zero-order chi connectivity index (χ0) is 30.8. The first-order valence-electron chi connectivity index (χ1n) is 15.4. The van der Waals surface area contributed by atoms with Crippen molar-refractivity contribution in [1.29, 1.82) is 0 Å². The zero-order valence-electron chi connectivity index (χ0n) is 24.8. The number of carbonyl (C=O) groups is 2. The summed E-state index contributed by atoms with van der Waals surface area (Å²) in [6, 6.07) is 46.7. The van der Waals surface area contributed by atoms with Gasteiger partial charge in [-0.25, -0.2) is 0 Å². The molecule has 2 aliphatic rings. The van der Waals surface area contributed by atoms with Crippen molar-refractivity contribution in [3.63, 3.8) is 0 Å². The van der Waals surface area contributed by atoms with Crippen LogP contribution in [0, 0.1) is 5.92 Å². The van der Waals surface area contributed by atoms with Gasteiger partial charge in [-0.2, -0.15) is 0 Å². The molecule has 0 aliphatic carbocycles. The third-order valence-corrected chi connectivity index (χ3v) is 9.20. The molecule has 45 heavy (non-hydrogen) atoms. The highest BCUT2D eigenvalue weighted by Crippen LogP contribution is 2.55. The minimum absolute atomic E-state index is 0.117. The molecule has 222 valence electrons. The van der Waals surface area contributed by atoms with Crippen LogP contribution < -0.4 is 10.2 Å². The molecule has 1 saturated heterocycles. The Hall–Kier alpha value is -5.26. The Kier molecular flexibility index (Phi) is 7.62. The molecule has 1 fully saturated rings. The molecule has 0 radical (unpaired) electrons. The molecule has 0 unspecified atom stereocenters. The minimum atomic E-state index is -1.34. The first-order chi connectivity index (χ1) is 22.1. The molecular formula is C40H34N2O3. The molecule has 2 heterocycles. The first kappa shape index (κ1) is 28.5. The summed E-state index contributed by atoms with van der Waals surface area (Å²) in [5.41, 5.74) is 3.87. The topological polar surface area (TPSA) is 69.6 Å². The molecule has 2 N–H and O–H groups in total. The van der Waals surface area contributed by atoms with Gasteiger partial charge < -0.3 is 10.0 Å². The lowest BCUT2D eigenvalue weighted by atomic mass is 9.70. The molecule has 1 amide bonds. The van der Waals surface area contributed by atoms with Crippen LogP contribution in [0.3, 0.4) is 0 Å². The van der Waals surface area contributed by atoms with E-state index in [0.717, 1.165) is 27.9 Å². The molecule has 0 aromatic heterocycles. The summed E-state index contributed by atoms with van der Waals surface area (Å²) in [6.07, 6.45) is 1.94.